The van der Waals surface area contributed by atoms with E-state index in [0.717, 1.165) is 11.4 Å². The van der Waals surface area contributed by atoms with Gasteiger partial charge in [-0.15, -0.1) is 0 Å². The molecule has 0 unspecified atom stereocenters. The van der Waals surface area contributed by atoms with E-state index in [9.17, 15) is 4.79 Å². The number of nitrogens with one attached hydrogen (secondary N) is 1. The fourth-order valence-electron chi connectivity index (χ4n) is 1.53. The monoisotopic (exact) mass is 260 g/mol. The molecule has 2 aromatic rings. The minimum atomic E-state index is -0.256. The highest BCUT2D eigenvalue weighted by atomic mass is 16.5. The maximum absolute atomic E-state index is 11.7. The maximum atomic E-state index is 11.7. The smallest absolute Gasteiger partial charge is 0.273 e. The van der Waals surface area contributed by atoms with Crippen molar-refractivity contribution in [2.75, 3.05) is 19.0 Å². The van der Waals surface area contributed by atoms with Crippen molar-refractivity contribution in [3.8, 4) is 0 Å². The number of rotatable bonds is 4. The van der Waals surface area contributed by atoms with Gasteiger partial charge in [0.15, 0.2) is 5.69 Å². The first-order valence-corrected chi connectivity index (χ1v) is 5.90. The summed E-state index contributed by atoms with van der Waals surface area (Å²) in [4.78, 5) is 17.9. The number of hydrogen-bond acceptors (Lipinski definition) is 5. The number of pyridine rings is 1. The molecule has 0 saturated carbocycles. The normalized spacial score (nSPS) is 10.3. The number of aryl methyl sites for hydroxylation is 1. The maximum Gasteiger partial charge on any atom is 0.273 e. The third kappa shape index (κ3) is 3.31. The van der Waals surface area contributed by atoms with Crippen LogP contribution in [0.2, 0.25) is 0 Å². The van der Waals surface area contributed by atoms with E-state index in [4.69, 9.17) is 4.52 Å². The van der Waals surface area contributed by atoms with Gasteiger partial charge >= 0.3 is 0 Å². The molecule has 100 valence electrons. The van der Waals surface area contributed by atoms with Gasteiger partial charge in [0.25, 0.3) is 5.91 Å². The summed E-state index contributed by atoms with van der Waals surface area (Å²) < 4.78 is 4.85. The average Bonchev–Trinajstić information content (AvgIpc) is 2.83. The zero-order valence-electron chi connectivity index (χ0n) is 11.2. The van der Waals surface area contributed by atoms with Gasteiger partial charge in [-0.25, -0.2) is 4.98 Å². The number of carbonyl (C=O) groups is 1. The van der Waals surface area contributed by atoms with E-state index in [1.807, 2.05) is 31.1 Å². The van der Waals surface area contributed by atoms with Crippen LogP contribution in [0, 0.1) is 6.92 Å². The van der Waals surface area contributed by atoms with Gasteiger partial charge < -0.3 is 14.7 Å². The van der Waals surface area contributed by atoms with Gasteiger partial charge in [-0.3, -0.25) is 4.79 Å². The highest BCUT2D eigenvalue weighted by Crippen LogP contribution is 2.08. The van der Waals surface area contributed by atoms with Crippen molar-refractivity contribution < 1.29 is 9.32 Å². The third-order valence-corrected chi connectivity index (χ3v) is 2.58. The van der Waals surface area contributed by atoms with E-state index < -0.39 is 0 Å². The Bertz CT molecular complexity index is 560. The molecule has 0 aliphatic heterocycles. The molecule has 0 bridgehead atoms. The predicted octanol–water partition coefficient (Wildman–Crippen LogP) is 1.37. The lowest BCUT2D eigenvalue weighted by molar-refractivity contribution is 0.0942. The van der Waals surface area contributed by atoms with E-state index in [1.165, 1.54) is 0 Å². The number of aromatic nitrogens is 2. The van der Waals surface area contributed by atoms with Crippen molar-refractivity contribution in [1.82, 2.24) is 15.5 Å². The van der Waals surface area contributed by atoms with Crippen LogP contribution in [0.15, 0.2) is 28.9 Å². The molecule has 0 atom stereocenters. The molecule has 0 aliphatic rings. The highest BCUT2D eigenvalue weighted by Gasteiger charge is 2.10. The van der Waals surface area contributed by atoms with Crippen molar-refractivity contribution in [2.45, 2.75) is 13.5 Å². The van der Waals surface area contributed by atoms with E-state index in [2.05, 4.69) is 15.5 Å². The fraction of sp³-hybridized carbons (Fsp3) is 0.308. The Morgan fingerprint density at radius 2 is 2.21 bits per heavy atom. The van der Waals surface area contributed by atoms with Crippen molar-refractivity contribution in [3.05, 3.63) is 41.4 Å². The fourth-order valence-corrected chi connectivity index (χ4v) is 1.53. The van der Waals surface area contributed by atoms with Crippen LogP contribution in [-0.2, 0) is 6.54 Å². The molecule has 1 N–H and O–H groups in total. The summed E-state index contributed by atoms with van der Waals surface area (Å²) in [6, 6.07) is 5.43. The summed E-state index contributed by atoms with van der Waals surface area (Å²) in [5.41, 5.74) is 1.22. The molecule has 6 nitrogen and oxygen atoms in total. The van der Waals surface area contributed by atoms with E-state index in [1.54, 1.807) is 19.2 Å². The van der Waals surface area contributed by atoms with Crippen LogP contribution in [0.5, 0.6) is 0 Å². The zero-order valence-corrected chi connectivity index (χ0v) is 11.2. The van der Waals surface area contributed by atoms with Crippen molar-refractivity contribution >= 4 is 11.7 Å². The third-order valence-electron chi connectivity index (χ3n) is 2.58. The molecule has 0 aliphatic carbocycles. The Hall–Kier alpha value is -2.37. The van der Waals surface area contributed by atoms with Crippen LogP contribution in [-0.4, -0.2) is 30.1 Å². The van der Waals surface area contributed by atoms with Crippen molar-refractivity contribution in [1.29, 1.82) is 0 Å². The highest BCUT2D eigenvalue weighted by molar-refractivity contribution is 5.92. The van der Waals surface area contributed by atoms with Crippen molar-refractivity contribution in [2.24, 2.45) is 0 Å². The molecule has 2 heterocycles. The summed E-state index contributed by atoms with van der Waals surface area (Å²) >= 11 is 0. The second-order valence-corrected chi connectivity index (χ2v) is 4.42. The molecular weight excluding hydrogens is 244 g/mol. The van der Waals surface area contributed by atoms with Crippen LogP contribution in [0.25, 0.3) is 0 Å². The molecule has 6 heteroatoms. The lowest BCUT2D eigenvalue weighted by atomic mass is 10.2. The molecule has 0 spiro atoms. The first-order chi connectivity index (χ1) is 9.06. The minimum Gasteiger partial charge on any atom is -0.363 e. The zero-order chi connectivity index (χ0) is 13.8. The quantitative estimate of drug-likeness (QED) is 0.899. The van der Waals surface area contributed by atoms with Crippen LogP contribution >= 0.6 is 0 Å². The van der Waals surface area contributed by atoms with Gasteiger partial charge in [-0.1, -0.05) is 11.2 Å². The largest absolute Gasteiger partial charge is 0.363 e. The summed E-state index contributed by atoms with van der Waals surface area (Å²) in [5, 5.41) is 6.42. The Morgan fingerprint density at radius 1 is 1.42 bits per heavy atom. The lowest BCUT2D eigenvalue weighted by Crippen LogP contribution is -2.23. The first-order valence-electron chi connectivity index (χ1n) is 5.90. The number of amides is 1. The SMILES string of the molecule is Cc1cc(C(=O)NCc2ccc(N(C)C)nc2)no1. The molecular formula is C13H16N4O2. The number of hydrogen-bond donors (Lipinski definition) is 1. The second kappa shape index (κ2) is 5.51. The van der Waals surface area contributed by atoms with Crippen LogP contribution < -0.4 is 10.2 Å². The summed E-state index contributed by atoms with van der Waals surface area (Å²) in [7, 11) is 3.85. The molecule has 0 saturated heterocycles. The van der Waals surface area contributed by atoms with Gasteiger partial charge in [0.2, 0.25) is 0 Å². The number of nitrogens with zero attached hydrogens (tertiary/aromatic N) is 3. The Labute approximate surface area is 111 Å². The second-order valence-electron chi connectivity index (χ2n) is 4.42. The van der Waals surface area contributed by atoms with Crippen LogP contribution in [0.4, 0.5) is 5.82 Å². The Morgan fingerprint density at radius 3 is 2.74 bits per heavy atom. The molecule has 2 rings (SSSR count). The molecule has 0 radical (unpaired) electrons. The Balaban J connectivity index is 1.93. The van der Waals surface area contributed by atoms with Gasteiger partial charge in [0.05, 0.1) is 0 Å². The van der Waals surface area contributed by atoms with E-state index in [-0.39, 0.29) is 11.6 Å². The molecule has 2 aromatic heterocycles. The summed E-state index contributed by atoms with van der Waals surface area (Å²) in [5.74, 6) is 1.23. The van der Waals surface area contributed by atoms with E-state index >= 15 is 0 Å². The summed E-state index contributed by atoms with van der Waals surface area (Å²) in [6.07, 6.45) is 1.74. The summed E-state index contributed by atoms with van der Waals surface area (Å²) in [6.45, 7) is 2.15. The molecule has 1 amide bonds. The number of anilines is 1. The van der Waals surface area contributed by atoms with Crippen molar-refractivity contribution in [3.63, 3.8) is 0 Å². The first kappa shape index (κ1) is 13.1. The Kier molecular flexibility index (Phi) is 3.79. The standard InChI is InChI=1S/C13H16N4O2/c1-9-6-11(16-19-9)13(18)15-8-10-4-5-12(14-7-10)17(2)3/h4-7H,8H2,1-3H3,(H,15,18). The number of carbonyl (C=O) groups excluding carboxylic acids is 1. The average molecular weight is 260 g/mol. The minimum absolute atomic E-state index is 0.256. The van der Waals surface area contributed by atoms with Gasteiger partial charge in [-0.05, 0) is 18.6 Å². The topological polar surface area (TPSA) is 71.3 Å². The van der Waals surface area contributed by atoms with Crippen LogP contribution in [0.3, 0.4) is 0 Å². The van der Waals surface area contributed by atoms with E-state index in [0.29, 0.717) is 12.3 Å². The molecule has 0 fully saturated rings. The predicted molar refractivity (Wildman–Crippen MR) is 71.0 cm³/mol. The van der Waals surface area contributed by atoms with Gasteiger partial charge in [-0.2, -0.15) is 0 Å². The molecule has 19 heavy (non-hydrogen) atoms. The lowest BCUT2D eigenvalue weighted by Gasteiger charge is -2.11. The molecule has 0 aromatic carbocycles. The van der Waals surface area contributed by atoms with Gasteiger partial charge in [0, 0.05) is 32.9 Å². The van der Waals surface area contributed by atoms with Crippen LogP contribution in [0.1, 0.15) is 21.8 Å². The van der Waals surface area contributed by atoms with Gasteiger partial charge in [0.1, 0.15) is 11.6 Å².